The molecule has 1 aliphatic rings. The molecule has 2 atom stereocenters. The number of carboxylic acids is 1. The number of hydrogen-bond acceptors (Lipinski definition) is 3. The monoisotopic (exact) mass is 474 g/mol. The molecule has 0 radical (unpaired) electrons. The summed E-state index contributed by atoms with van der Waals surface area (Å²) in [6.45, 7) is 0. The van der Waals surface area contributed by atoms with E-state index in [0.29, 0.717) is 6.07 Å². The third-order valence-electron chi connectivity index (χ3n) is 4.29. The Morgan fingerprint density at radius 1 is 1.07 bits per heavy atom. The van der Waals surface area contributed by atoms with Gasteiger partial charge in [0.25, 0.3) is 0 Å². The van der Waals surface area contributed by atoms with Crippen molar-refractivity contribution in [3.63, 3.8) is 0 Å². The quantitative estimate of drug-likeness (QED) is 0.525. The Morgan fingerprint density at radius 3 is 2.30 bits per heavy atom. The van der Waals surface area contributed by atoms with Crippen LogP contribution >= 0.6 is 23.2 Å². The lowest BCUT2D eigenvalue weighted by atomic mass is 9.90. The van der Waals surface area contributed by atoms with E-state index in [9.17, 15) is 31.1 Å². The van der Waals surface area contributed by atoms with Crippen molar-refractivity contribution >= 4 is 29.2 Å². The molecule has 0 bridgehead atoms. The summed E-state index contributed by atoms with van der Waals surface area (Å²) >= 11 is 11.6. The Bertz CT molecular complexity index is 990. The molecule has 1 heterocycles. The van der Waals surface area contributed by atoms with Crippen LogP contribution in [-0.2, 0) is 17.4 Å². The van der Waals surface area contributed by atoms with Crippen molar-refractivity contribution in [2.45, 2.75) is 24.9 Å². The number of benzene rings is 2. The van der Waals surface area contributed by atoms with Gasteiger partial charge in [0, 0.05) is 6.07 Å². The molecular formula is C18H10Cl2F6O4. The fraction of sp³-hybridized carbons (Fsp3) is 0.278. The first kappa shape index (κ1) is 22.4. The minimum absolute atomic E-state index is 0.0901. The zero-order valence-corrected chi connectivity index (χ0v) is 16.0. The van der Waals surface area contributed by atoms with Gasteiger partial charge in [0.2, 0.25) is 6.10 Å². The van der Waals surface area contributed by atoms with Gasteiger partial charge in [-0.3, -0.25) is 4.79 Å². The summed E-state index contributed by atoms with van der Waals surface area (Å²) in [6, 6.07) is 4.79. The summed E-state index contributed by atoms with van der Waals surface area (Å²) in [5.41, 5.74) is -1.08. The summed E-state index contributed by atoms with van der Waals surface area (Å²) in [4.78, 5) is 11.2. The molecule has 0 amide bonds. The van der Waals surface area contributed by atoms with E-state index in [-0.39, 0.29) is 27.8 Å². The van der Waals surface area contributed by atoms with E-state index in [1.807, 2.05) is 0 Å². The molecule has 162 valence electrons. The third kappa shape index (κ3) is 4.54. The Kier molecular flexibility index (Phi) is 5.76. The summed E-state index contributed by atoms with van der Waals surface area (Å²) in [5.74, 6) is -4.51. The van der Waals surface area contributed by atoms with Crippen LogP contribution in [0.4, 0.5) is 26.3 Å². The Balaban J connectivity index is 1.96. The van der Waals surface area contributed by atoms with Crippen molar-refractivity contribution in [1.82, 2.24) is 0 Å². The lowest BCUT2D eigenvalue weighted by molar-refractivity contribution is -0.217. The zero-order valence-electron chi connectivity index (χ0n) is 14.4. The minimum atomic E-state index is -4.96. The van der Waals surface area contributed by atoms with Gasteiger partial charge in [-0.2, -0.15) is 26.3 Å². The maximum absolute atomic E-state index is 13.2. The van der Waals surface area contributed by atoms with Gasteiger partial charge in [0.05, 0.1) is 15.6 Å². The number of fused-ring (bicyclic) bond motifs is 1. The SMILES string of the molecule is O=C(O)C1Cc2cc(Cl)c(Oc3ccc(Cl)c(C(F)(F)F)c3)cc2OC1C(F)(F)F. The molecule has 0 aliphatic carbocycles. The van der Waals surface area contributed by atoms with E-state index >= 15 is 0 Å². The van der Waals surface area contributed by atoms with Crippen LogP contribution in [0.5, 0.6) is 17.2 Å². The molecule has 30 heavy (non-hydrogen) atoms. The van der Waals surface area contributed by atoms with Gasteiger partial charge in [-0.1, -0.05) is 23.2 Å². The first-order chi connectivity index (χ1) is 13.8. The Hall–Kier alpha value is -2.33. The second-order valence-corrected chi connectivity index (χ2v) is 7.18. The molecule has 0 saturated heterocycles. The fourth-order valence-electron chi connectivity index (χ4n) is 2.91. The number of carboxylic acid groups (broad SMARTS) is 1. The van der Waals surface area contributed by atoms with Gasteiger partial charge >= 0.3 is 18.3 Å². The lowest BCUT2D eigenvalue weighted by Crippen LogP contribution is -2.47. The number of ether oxygens (including phenoxy) is 2. The molecule has 1 N–H and O–H groups in total. The highest BCUT2D eigenvalue weighted by Crippen LogP contribution is 2.44. The predicted octanol–water partition coefficient (Wildman–Crippen LogP) is 6.37. The van der Waals surface area contributed by atoms with Crippen LogP contribution in [-0.4, -0.2) is 23.4 Å². The molecule has 4 nitrogen and oxygen atoms in total. The normalized spacial score (nSPS) is 19.1. The van der Waals surface area contributed by atoms with Crippen LogP contribution in [0.1, 0.15) is 11.1 Å². The predicted molar refractivity (Wildman–Crippen MR) is 93.3 cm³/mol. The van der Waals surface area contributed by atoms with E-state index in [0.717, 1.165) is 24.3 Å². The molecule has 0 aromatic heterocycles. The maximum Gasteiger partial charge on any atom is 0.426 e. The van der Waals surface area contributed by atoms with E-state index in [4.69, 9.17) is 37.8 Å². The summed E-state index contributed by atoms with van der Waals surface area (Å²) in [6.07, 6.45) is -12.8. The number of aliphatic carboxylic acids is 1. The molecule has 1 aliphatic heterocycles. The second kappa shape index (κ2) is 7.73. The van der Waals surface area contributed by atoms with Gasteiger partial charge in [-0.15, -0.1) is 0 Å². The highest BCUT2D eigenvalue weighted by molar-refractivity contribution is 6.32. The van der Waals surface area contributed by atoms with Crippen LogP contribution < -0.4 is 9.47 Å². The second-order valence-electron chi connectivity index (χ2n) is 6.36. The minimum Gasteiger partial charge on any atom is -0.481 e. The van der Waals surface area contributed by atoms with E-state index in [2.05, 4.69) is 0 Å². The van der Waals surface area contributed by atoms with Gasteiger partial charge in [0.1, 0.15) is 23.2 Å². The molecular weight excluding hydrogens is 465 g/mol. The lowest BCUT2D eigenvalue weighted by Gasteiger charge is -2.32. The van der Waals surface area contributed by atoms with Crippen molar-refractivity contribution in [2.75, 3.05) is 0 Å². The molecule has 0 saturated carbocycles. The Labute approximate surface area is 174 Å². The highest BCUT2D eigenvalue weighted by Gasteiger charge is 2.52. The first-order valence-electron chi connectivity index (χ1n) is 8.10. The van der Waals surface area contributed by atoms with Crippen molar-refractivity contribution in [1.29, 1.82) is 0 Å². The van der Waals surface area contributed by atoms with Gasteiger partial charge < -0.3 is 14.6 Å². The Morgan fingerprint density at radius 2 is 1.73 bits per heavy atom. The summed E-state index contributed by atoms with van der Waals surface area (Å²) in [7, 11) is 0. The maximum atomic E-state index is 13.2. The van der Waals surface area contributed by atoms with Crippen LogP contribution in [0, 0.1) is 5.92 Å². The third-order valence-corrected chi connectivity index (χ3v) is 4.91. The molecule has 2 aromatic carbocycles. The standard InChI is InChI=1S/C18H10Cl2F6O4/c19-11-2-1-8(5-10(11)17(21,22)23)29-14-6-13-7(4-12(14)20)3-9(16(27)28)15(30-13)18(24,25)26/h1-2,4-6,9,15H,3H2,(H,27,28). The van der Waals surface area contributed by atoms with Crippen LogP contribution in [0.3, 0.4) is 0 Å². The fourth-order valence-corrected chi connectivity index (χ4v) is 3.36. The highest BCUT2D eigenvalue weighted by atomic mass is 35.5. The van der Waals surface area contributed by atoms with E-state index in [1.54, 1.807) is 0 Å². The molecule has 3 rings (SSSR count). The average Bonchev–Trinajstić information content (AvgIpc) is 2.61. The van der Waals surface area contributed by atoms with Gasteiger partial charge in [0.15, 0.2) is 0 Å². The van der Waals surface area contributed by atoms with Crippen LogP contribution in [0.15, 0.2) is 30.3 Å². The molecule has 12 heteroatoms. The summed E-state index contributed by atoms with van der Waals surface area (Å²) < 4.78 is 88.7. The summed E-state index contributed by atoms with van der Waals surface area (Å²) in [5, 5.41) is 8.37. The molecule has 0 fully saturated rings. The molecule has 0 spiro atoms. The van der Waals surface area contributed by atoms with Gasteiger partial charge in [-0.25, -0.2) is 0 Å². The number of alkyl halides is 6. The van der Waals surface area contributed by atoms with E-state index in [1.165, 1.54) is 0 Å². The number of carbonyl (C=O) groups is 1. The number of rotatable bonds is 3. The average molecular weight is 475 g/mol. The van der Waals surface area contributed by atoms with Gasteiger partial charge in [-0.05, 0) is 36.2 Å². The van der Waals surface area contributed by atoms with Crippen molar-refractivity contribution < 1.29 is 45.7 Å². The van der Waals surface area contributed by atoms with Crippen molar-refractivity contribution in [2.24, 2.45) is 5.92 Å². The van der Waals surface area contributed by atoms with Crippen LogP contribution in [0.25, 0.3) is 0 Å². The van der Waals surface area contributed by atoms with Crippen LogP contribution in [0.2, 0.25) is 10.0 Å². The largest absolute Gasteiger partial charge is 0.481 e. The number of halogens is 8. The number of hydrogen-bond donors (Lipinski definition) is 1. The van der Waals surface area contributed by atoms with Crippen molar-refractivity contribution in [3.8, 4) is 17.2 Å². The first-order valence-corrected chi connectivity index (χ1v) is 8.86. The molecule has 2 aromatic rings. The topological polar surface area (TPSA) is 55.8 Å². The van der Waals surface area contributed by atoms with E-state index < -0.39 is 47.4 Å². The van der Waals surface area contributed by atoms with Crippen molar-refractivity contribution in [3.05, 3.63) is 51.5 Å². The smallest absolute Gasteiger partial charge is 0.426 e. The molecule has 2 unspecified atom stereocenters. The zero-order chi connectivity index (χ0) is 22.4.